The van der Waals surface area contributed by atoms with E-state index in [1.807, 2.05) is 0 Å². The Morgan fingerprint density at radius 2 is 1.86 bits per heavy atom. The molecule has 3 N–H and O–H groups in total. The molecule has 1 aliphatic heterocycles. The van der Waals surface area contributed by atoms with Crippen LogP contribution < -0.4 is 5.43 Å². The van der Waals surface area contributed by atoms with Gasteiger partial charge in [-0.15, -0.1) is 0 Å². The number of anilines is 1. The van der Waals surface area contributed by atoms with Crippen molar-refractivity contribution in [2.45, 2.75) is 17.7 Å². The second-order valence-corrected chi connectivity index (χ2v) is 8.10. The van der Waals surface area contributed by atoms with Crippen LogP contribution in [0.2, 0.25) is 0 Å². The Balaban J connectivity index is 1.85. The Labute approximate surface area is 160 Å². The van der Waals surface area contributed by atoms with E-state index in [4.69, 9.17) is 0 Å². The molecule has 10 nitrogen and oxygen atoms in total. The molecule has 0 aromatic heterocycles. The first-order valence-electron chi connectivity index (χ1n) is 8.39. The number of aromatic hydroxyl groups is 2. The highest BCUT2D eigenvalue weighted by Crippen LogP contribution is 2.30. The molecule has 148 valence electrons. The Hall–Kier alpha value is -3.18. The zero-order chi connectivity index (χ0) is 20.3. The van der Waals surface area contributed by atoms with Crippen LogP contribution in [0.4, 0.5) is 11.4 Å². The summed E-state index contributed by atoms with van der Waals surface area (Å²) in [4.78, 5) is 10.5. The van der Waals surface area contributed by atoms with Gasteiger partial charge in [-0.2, -0.15) is 9.41 Å². The van der Waals surface area contributed by atoms with Gasteiger partial charge in [0.05, 0.1) is 16.0 Å². The zero-order valence-corrected chi connectivity index (χ0v) is 15.5. The predicted octanol–water partition coefficient (Wildman–Crippen LogP) is 2.24. The van der Waals surface area contributed by atoms with Crippen LogP contribution >= 0.6 is 0 Å². The summed E-state index contributed by atoms with van der Waals surface area (Å²) in [6, 6.07) is 7.45. The Bertz CT molecular complexity index is 1030. The highest BCUT2D eigenvalue weighted by molar-refractivity contribution is 7.89. The Kier molecular flexibility index (Phi) is 5.47. The van der Waals surface area contributed by atoms with Crippen LogP contribution in [-0.2, 0) is 10.0 Å². The summed E-state index contributed by atoms with van der Waals surface area (Å²) in [6.45, 7) is 0.799. The molecule has 3 rings (SSSR count). The molecule has 1 saturated heterocycles. The molecule has 28 heavy (non-hydrogen) atoms. The Morgan fingerprint density at radius 1 is 1.14 bits per heavy atom. The van der Waals surface area contributed by atoms with Gasteiger partial charge in [-0.1, -0.05) is 0 Å². The number of nitrogens with one attached hydrogen (secondary N) is 1. The minimum atomic E-state index is -3.78. The van der Waals surface area contributed by atoms with Crippen LogP contribution in [0.15, 0.2) is 46.4 Å². The molecule has 0 spiro atoms. The third-order valence-corrected chi connectivity index (χ3v) is 6.17. The van der Waals surface area contributed by atoms with Crippen molar-refractivity contribution in [2.75, 3.05) is 18.5 Å². The number of nitrogens with zero attached hydrogens (tertiary/aromatic N) is 3. The van der Waals surface area contributed by atoms with Crippen molar-refractivity contribution in [3.63, 3.8) is 0 Å². The van der Waals surface area contributed by atoms with Crippen molar-refractivity contribution in [1.29, 1.82) is 0 Å². The van der Waals surface area contributed by atoms with E-state index in [1.54, 1.807) is 0 Å². The van der Waals surface area contributed by atoms with Gasteiger partial charge in [0, 0.05) is 30.8 Å². The van der Waals surface area contributed by atoms with Crippen molar-refractivity contribution in [3.8, 4) is 11.5 Å². The number of phenolic OH excluding ortho intramolecular Hbond substituents is 2. The molecule has 0 unspecified atom stereocenters. The molecular formula is C17H18N4O6S. The molecule has 1 aliphatic rings. The summed E-state index contributed by atoms with van der Waals surface area (Å²) in [5, 5.41) is 34.2. The number of phenols is 2. The maximum atomic E-state index is 12.6. The largest absolute Gasteiger partial charge is 0.508 e. The average molecular weight is 406 g/mol. The number of hydrogen-bond donors (Lipinski definition) is 3. The van der Waals surface area contributed by atoms with Gasteiger partial charge < -0.3 is 10.2 Å². The summed E-state index contributed by atoms with van der Waals surface area (Å²) in [5.74, 6) is -0.333. The monoisotopic (exact) mass is 406 g/mol. The summed E-state index contributed by atoms with van der Waals surface area (Å²) < 4.78 is 26.5. The van der Waals surface area contributed by atoms with Gasteiger partial charge in [-0.3, -0.25) is 15.5 Å². The van der Waals surface area contributed by atoms with E-state index >= 15 is 0 Å². The van der Waals surface area contributed by atoms with E-state index in [2.05, 4.69) is 10.5 Å². The van der Waals surface area contributed by atoms with Crippen LogP contribution in [0, 0.1) is 10.1 Å². The maximum absolute atomic E-state index is 12.6. The number of nitro benzene ring substituents is 1. The number of hydrogen-bond acceptors (Lipinski definition) is 8. The molecule has 0 amide bonds. The lowest BCUT2D eigenvalue weighted by Crippen LogP contribution is -2.27. The molecule has 0 atom stereocenters. The van der Waals surface area contributed by atoms with Crippen molar-refractivity contribution in [1.82, 2.24) is 4.31 Å². The van der Waals surface area contributed by atoms with Gasteiger partial charge in [0.15, 0.2) is 0 Å². The second-order valence-electron chi connectivity index (χ2n) is 6.16. The SMILES string of the molecule is O=[N+]([O-])c1cc(S(=O)(=O)N2CCCC2)ccc1NN=Cc1ccc(O)cc1O. The Morgan fingerprint density at radius 3 is 2.50 bits per heavy atom. The molecule has 1 fully saturated rings. The fourth-order valence-electron chi connectivity index (χ4n) is 2.81. The van der Waals surface area contributed by atoms with Crippen molar-refractivity contribution in [2.24, 2.45) is 5.10 Å². The van der Waals surface area contributed by atoms with Gasteiger partial charge in [0.2, 0.25) is 10.0 Å². The van der Waals surface area contributed by atoms with Crippen LogP contribution in [0.5, 0.6) is 11.5 Å². The molecule has 0 aliphatic carbocycles. The number of nitro groups is 1. The predicted molar refractivity (Wildman–Crippen MR) is 102 cm³/mol. The van der Waals surface area contributed by atoms with E-state index < -0.39 is 20.6 Å². The van der Waals surface area contributed by atoms with Crippen molar-refractivity contribution >= 4 is 27.6 Å². The fraction of sp³-hybridized carbons (Fsp3) is 0.235. The van der Waals surface area contributed by atoms with Gasteiger partial charge in [-0.05, 0) is 37.1 Å². The van der Waals surface area contributed by atoms with Gasteiger partial charge in [0.25, 0.3) is 5.69 Å². The first-order valence-corrected chi connectivity index (χ1v) is 9.83. The lowest BCUT2D eigenvalue weighted by molar-refractivity contribution is -0.384. The number of sulfonamides is 1. The molecule has 2 aromatic rings. The van der Waals surface area contributed by atoms with E-state index in [0.717, 1.165) is 25.0 Å². The normalized spacial score (nSPS) is 15.1. The third kappa shape index (κ3) is 4.05. The molecule has 1 heterocycles. The molecule has 0 bridgehead atoms. The summed E-state index contributed by atoms with van der Waals surface area (Å²) in [6.07, 6.45) is 2.74. The zero-order valence-electron chi connectivity index (χ0n) is 14.6. The highest BCUT2D eigenvalue weighted by Gasteiger charge is 2.29. The van der Waals surface area contributed by atoms with E-state index in [0.29, 0.717) is 13.1 Å². The van der Waals surface area contributed by atoms with E-state index in [9.17, 15) is 28.7 Å². The molecular weight excluding hydrogens is 388 g/mol. The third-order valence-electron chi connectivity index (χ3n) is 4.27. The minimum absolute atomic E-state index is 0.000102. The smallest absolute Gasteiger partial charge is 0.295 e. The maximum Gasteiger partial charge on any atom is 0.295 e. The van der Waals surface area contributed by atoms with Crippen LogP contribution in [0.25, 0.3) is 0 Å². The van der Waals surface area contributed by atoms with Gasteiger partial charge in [0.1, 0.15) is 17.2 Å². The standard InChI is InChI=1S/C17H18N4O6S/c22-13-4-3-12(17(23)9-13)11-18-19-15-6-5-14(10-16(15)21(24)25)28(26,27)20-7-1-2-8-20/h3-6,9-11,19,22-23H,1-2,7-8H2. The van der Waals surface area contributed by atoms with Crippen LogP contribution in [0.1, 0.15) is 18.4 Å². The quantitative estimate of drug-likeness (QED) is 0.379. The first kappa shape index (κ1) is 19.6. The van der Waals surface area contributed by atoms with Crippen molar-refractivity contribution in [3.05, 3.63) is 52.1 Å². The number of benzene rings is 2. The minimum Gasteiger partial charge on any atom is -0.508 e. The number of hydrazone groups is 1. The lowest BCUT2D eigenvalue weighted by atomic mass is 10.2. The topological polar surface area (TPSA) is 145 Å². The first-order chi connectivity index (χ1) is 13.3. The van der Waals surface area contributed by atoms with Crippen LogP contribution in [0.3, 0.4) is 0 Å². The van der Waals surface area contributed by atoms with Crippen molar-refractivity contribution < 1.29 is 23.6 Å². The summed E-state index contributed by atoms with van der Waals surface area (Å²) >= 11 is 0. The molecule has 0 radical (unpaired) electrons. The van der Waals surface area contributed by atoms with E-state index in [-0.39, 0.29) is 27.6 Å². The van der Waals surface area contributed by atoms with E-state index in [1.165, 1.54) is 34.8 Å². The van der Waals surface area contributed by atoms with Crippen LogP contribution in [-0.4, -0.2) is 47.2 Å². The summed E-state index contributed by atoms with van der Waals surface area (Å²) in [5.41, 5.74) is 2.32. The molecule has 0 saturated carbocycles. The number of rotatable bonds is 6. The lowest BCUT2D eigenvalue weighted by Gasteiger charge is -2.15. The molecule has 11 heteroatoms. The fourth-order valence-corrected chi connectivity index (χ4v) is 4.35. The summed E-state index contributed by atoms with van der Waals surface area (Å²) in [7, 11) is -3.78. The second kappa shape index (κ2) is 7.82. The van der Waals surface area contributed by atoms with Gasteiger partial charge in [-0.25, -0.2) is 8.42 Å². The highest BCUT2D eigenvalue weighted by atomic mass is 32.2. The van der Waals surface area contributed by atoms with Gasteiger partial charge >= 0.3 is 0 Å². The average Bonchev–Trinajstić information content (AvgIpc) is 3.19. The molecule has 2 aromatic carbocycles.